The Kier molecular flexibility index (Phi) is 5.90. The van der Waals surface area contributed by atoms with E-state index in [2.05, 4.69) is 48.9 Å². The molecule has 4 heteroatoms. The fourth-order valence-corrected chi connectivity index (χ4v) is 3.01. The van der Waals surface area contributed by atoms with Crippen molar-refractivity contribution in [1.82, 2.24) is 5.32 Å². The molecule has 0 saturated carbocycles. The smallest absolute Gasteiger partial charge is 0.153 e. The maximum absolute atomic E-state index is 12.7. The topological polar surface area (TPSA) is 29.1 Å². The number of hydrogen-bond donors (Lipinski definition) is 1. The molecule has 0 amide bonds. The van der Waals surface area contributed by atoms with Gasteiger partial charge in [-0.25, -0.2) is 4.39 Å². The summed E-state index contributed by atoms with van der Waals surface area (Å²) in [6, 6.07) is 4.58. The lowest BCUT2D eigenvalue weighted by Gasteiger charge is -2.42. The minimum atomic E-state index is -0.502. The zero-order chi connectivity index (χ0) is 15.4. The number of carbonyl (C=O) groups is 1. The third kappa shape index (κ3) is 5.33. The van der Waals surface area contributed by atoms with E-state index in [1.165, 1.54) is 25.3 Å². The second kappa shape index (κ2) is 6.81. The quantitative estimate of drug-likeness (QED) is 0.747. The Morgan fingerprint density at radius 3 is 2.10 bits per heavy atom. The Bertz CT molecular complexity index is 458. The van der Waals surface area contributed by atoms with Crippen molar-refractivity contribution in [2.24, 2.45) is 0 Å². The molecule has 0 unspecified atom stereocenters. The highest BCUT2D eigenvalue weighted by Gasteiger charge is 2.31. The van der Waals surface area contributed by atoms with Crippen LogP contribution in [-0.2, 0) is 0 Å². The second-order valence-electron chi connectivity index (χ2n) is 6.51. The summed E-state index contributed by atoms with van der Waals surface area (Å²) in [6.07, 6.45) is 4.49. The molecule has 1 aromatic carbocycles. The van der Waals surface area contributed by atoms with E-state index in [0.717, 1.165) is 0 Å². The van der Waals surface area contributed by atoms with Gasteiger partial charge in [-0.15, -0.1) is 0 Å². The van der Waals surface area contributed by atoms with E-state index in [0.29, 0.717) is 21.8 Å². The van der Waals surface area contributed by atoms with Crippen molar-refractivity contribution >= 4 is 22.2 Å². The van der Waals surface area contributed by atoms with Gasteiger partial charge in [-0.05, 0) is 75.0 Å². The number of piperidine rings is 1. The predicted molar refractivity (Wildman–Crippen MR) is 84.6 cm³/mol. The summed E-state index contributed by atoms with van der Waals surface area (Å²) < 4.78 is 13.0. The van der Waals surface area contributed by atoms with Crippen LogP contribution < -0.4 is 5.32 Å². The van der Waals surface area contributed by atoms with Crippen molar-refractivity contribution in [3.63, 3.8) is 0 Å². The molecular formula is C16H23BrFNO. The van der Waals surface area contributed by atoms with Crippen LogP contribution in [0.3, 0.4) is 0 Å². The third-order valence-corrected chi connectivity index (χ3v) is 4.00. The number of hydrogen-bond acceptors (Lipinski definition) is 2. The van der Waals surface area contributed by atoms with Crippen LogP contribution in [-0.4, -0.2) is 17.4 Å². The maximum atomic E-state index is 12.7. The first-order valence-corrected chi connectivity index (χ1v) is 7.65. The molecule has 1 heterocycles. The number of carbonyl (C=O) groups excluding carboxylic acids is 1. The number of nitrogens with one attached hydrogen (secondary N) is 1. The lowest BCUT2D eigenvalue weighted by Crippen LogP contribution is -2.55. The van der Waals surface area contributed by atoms with Crippen molar-refractivity contribution in [3.8, 4) is 0 Å². The largest absolute Gasteiger partial charge is 0.307 e. The van der Waals surface area contributed by atoms with Crippen LogP contribution in [0.1, 0.15) is 57.3 Å². The molecule has 1 aliphatic heterocycles. The molecule has 0 aliphatic carbocycles. The van der Waals surface area contributed by atoms with Crippen LogP contribution in [0.5, 0.6) is 0 Å². The summed E-state index contributed by atoms with van der Waals surface area (Å²) in [7, 11) is 0. The molecule has 112 valence electrons. The maximum Gasteiger partial charge on any atom is 0.153 e. The summed E-state index contributed by atoms with van der Waals surface area (Å²) in [5.41, 5.74) is 0.804. The zero-order valence-electron chi connectivity index (χ0n) is 12.6. The Balaban J connectivity index is 0.000000200. The van der Waals surface area contributed by atoms with E-state index in [1.54, 1.807) is 12.1 Å². The van der Waals surface area contributed by atoms with Gasteiger partial charge in [0.1, 0.15) is 5.82 Å². The van der Waals surface area contributed by atoms with Crippen molar-refractivity contribution in [1.29, 1.82) is 0 Å². The molecule has 0 spiro atoms. The first-order valence-electron chi connectivity index (χ1n) is 6.85. The first-order chi connectivity index (χ1) is 9.17. The molecule has 1 N–H and O–H groups in total. The van der Waals surface area contributed by atoms with Crippen LogP contribution in [0, 0.1) is 5.82 Å². The molecule has 1 fully saturated rings. The average molecular weight is 344 g/mol. The van der Waals surface area contributed by atoms with Gasteiger partial charge in [0.2, 0.25) is 0 Å². The monoisotopic (exact) mass is 343 g/mol. The Morgan fingerprint density at radius 2 is 1.75 bits per heavy atom. The molecule has 1 aliphatic rings. The van der Waals surface area contributed by atoms with Gasteiger partial charge >= 0.3 is 0 Å². The lowest BCUT2D eigenvalue weighted by atomic mass is 9.83. The molecule has 2 rings (SSSR count). The van der Waals surface area contributed by atoms with Gasteiger partial charge in [-0.2, -0.15) is 0 Å². The molecule has 20 heavy (non-hydrogen) atoms. The molecule has 2 nitrogen and oxygen atoms in total. The van der Waals surface area contributed by atoms with E-state index < -0.39 is 5.82 Å². The SMILES string of the molecule is CC1(C)CCCC(C)(C)N1.O=Cc1cccc(Br)c1F. The minimum absolute atomic E-state index is 0.0781. The summed E-state index contributed by atoms with van der Waals surface area (Å²) in [6.45, 7) is 9.14. The van der Waals surface area contributed by atoms with E-state index in [1.807, 2.05) is 0 Å². The van der Waals surface area contributed by atoms with E-state index in [9.17, 15) is 9.18 Å². The molecule has 0 aromatic heterocycles. The average Bonchev–Trinajstić information content (AvgIpc) is 2.30. The van der Waals surface area contributed by atoms with E-state index >= 15 is 0 Å². The lowest BCUT2D eigenvalue weighted by molar-refractivity contribution is 0.111. The number of benzene rings is 1. The Labute approximate surface area is 129 Å². The van der Waals surface area contributed by atoms with Gasteiger partial charge in [-0.3, -0.25) is 4.79 Å². The van der Waals surface area contributed by atoms with Crippen LogP contribution in [0.25, 0.3) is 0 Å². The van der Waals surface area contributed by atoms with Crippen LogP contribution in [0.4, 0.5) is 4.39 Å². The highest BCUT2D eigenvalue weighted by Crippen LogP contribution is 2.27. The summed E-state index contributed by atoms with van der Waals surface area (Å²) in [5.74, 6) is -0.502. The molecule has 0 bridgehead atoms. The van der Waals surface area contributed by atoms with Gasteiger partial charge in [0.15, 0.2) is 6.29 Å². The second-order valence-corrected chi connectivity index (χ2v) is 7.36. The first kappa shape index (κ1) is 17.3. The normalized spacial score (nSPS) is 19.7. The standard InChI is InChI=1S/C9H19N.C7H4BrFO/c1-8(2)6-5-7-9(3,4)10-8;8-6-3-1-2-5(4-10)7(6)9/h10H,5-7H2,1-4H3;1-4H. The third-order valence-electron chi connectivity index (χ3n) is 3.39. The van der Waals surface area contributed by atoms with Gasteiger partial charge in [0.25, 0.3) is 0 Å². The van der Waals surface area contributed by atoms with E-state index in [4.69, 9.17) is 0 Å². The summed E-state index contributed by atoms with van der Waals surface area (Å²) in [5, 5.41) is 3.63. The van der Waals surface area contributed by atoms with E-state index in [-0.39, 0.29) is 5.56 Å². The fraction of sp³-hybridized carbons (Fsp3) is 0.562. The van der Waals surface area contributed by atoms with Crippen LogP contribution >= 0.6 is 15.9 Å². The molecule has 1 saturated heterocycles. The number of halogens is 2. The highest BCUT2D eigenvalue weighted by molar-refractivity contribution is 9.10. The van der Waals surface area contributed by atoms with Gasteiger partial charge in [-0.1, -0.05) is 6.07 Å². The van der Waals surface area contributed by atoms with Crippen molar-refractivity contribution in [3.05, 3.63) is 34.1 Å². The van der Waals surface area contributed by atoms with Crippen molar-refractivity contribution < 1.29 is 9.18 Å². The minimum Gasteiger partial charge on any atom is -0.307 e. The summed E-state index contributed by atoms with van der Waals surface area (Å²) in [4.78, 5) is 10.1. The highest BCUT2D eigenvalue weighted by atomic mass is 79.9. The van der Waals surface area contributed by atoms with Crippen LogP contribution in [0.2, 0.25) is 0 Å². The number of rotatable bonds is 1. The predicted octanol–water partition coefficient (Wildman–Crippen LogP) is 4.72. The summed E-state index contributed by atoms with van der Waals surface area (Å²) >= 11 is 2.95. The fourth-order valence-electron chi connectivity index (χ4n) is 2.62. The molecule has 1 aromatic rings. The Morgan fingerprint density at radius 1 is 1.20 bits per heavy atom. The van der Waals surface area contributed by atoms with Crippen molar-refractivity contribution in [2.75, 3.05) is 0 Å². The molecule has 0 radical (unpaired) electrons. The van der Waals surface area contributed by atoms with Gasteiger partial charge in [0, 0.05) is 11.1 Å². The molecular weight excluding hydrogens is 321 g/mol. The Hall–Kier alpha value is -0.740. The zero-order valence-corrected chi connectivity index (χ0v) is 14.2. The van der Waals surface area contributed by atoms with Gasteiger partial charge < -0.3 is 5.32 Å². The van der Waals surface area contributed by atoms with Crippen LogP contribution in [0.15, 0.2) is 22.7 Å². The number of aldehydes is 1. The van der Waals surface area contributed by atoms with Gasteiger partial charge in [0.05, 0.1) is 10.0 Å². The van der Waals surface area contributed by atoms with Crippen molar-refractivity contribution in [2.45, 2.75) is 58.0 Å². The molecule has 0 atom stereocenters.